The van der Waals surface area contributed by atoms with Gasteiger partial charge in [0.1, 0.15) is 0 Å². The lowest BCUT2D eigenvalue weighted by atomic mass is 10.1. The second kappa shape index (κ2) is 7.99. The van der Waals surface area contributed by atoms with E-state index in [9.17, 15) is 13.2 Å². The number of hydrogen-bond donors (Lipinski definition) is 1. The lowest BCUT2D eigenvalue weighted by Crippen LogP contribution is -2.40. The molecule has 0 aromatic heterocycles. The number of hydrogen-bond acceptors (Lipinski definition) is 4. The van der Waals surface area contributed by atoms with Crippen LogP contribution in [-0.4, -0.2) is 44.9 Å². The number of anilines is 1. The maximum Gasteiger partial charge on any atom is 0.255 e. The van der Waals surface area contributed by atoms with E-state index in [2.05, 4.69) is 12.2 Å². The number of aryl methyl sites for hydroxylation is 1. The van der Waals surface area contributed by atoms with Gasteiger partial charge in [-0.25, -0.2) is 8.42 Å². The van der Waals surface area contributed by atoms with Gasteiger partial charge in [-0.05, 0) is 42.3 Å². The number of nitrogens with zero attached hydrogens (tertiary/aromatic N) is 1. The summed E-state index contributed by atoms with van der Waals surface area (Å²) in [7, 11) is -3.63. The van der Waals surface area contributed by atoms with E-state index in [-0.39, 0.29) is 10.8 Å². The van der Waals surface area contributed by atoms with Crippen molar-refractivity contribution in [1.29, 1.82) is 0 Å². The molecule has 1 saturated heterocycles. The summed E-state index contributed by atoms with van der Waals surface area (Å²) in [6.45, 7) is 3.47. The Labute approximate surface area is 153 Å². The predicted molar refractivity (Wildman–Crippen MR) is 99.8 cm³/mol. The third-order valence-electron chi connectivity index (χ3n) is 4.32. The number of carbonyl (C=O) groups excluding carboxylic acids is 1. The molecule has 1 fully saturated rings. The molecule has 7 heteroatoms. The van der Waals surface area contributed by atoms with Gasteiger partial charge in [-0.3, -0.25) is 4.79 Å². The van der Waals surface area contributed by atoms with Crippen LogP contribution in [0.3, 0.4) is 0 Å². The van der Waals surface area contributed by atoms with E-state index in [1.54, 1.807) is 12.1 Å². The van der Waals surface area contributed by atoms with Gasteiger partial charge in [0, 0.05) is 24.3 Å². The summed E-state index contributed by atoms with van der Waals surface area (Å²) in [5, 5.41) is 2.80. The van der Waals surface area contributed by atoms with Crippen LogP contribution < -0.4 is 5.32 Å². The Kier molecular flexibility index (Phi) is 5.70. The number of sulfonamides is 1. The van der Waals surface area contributed by atoms with Gasteiger partial charge in [0.15, 0.2) is 0 Å². The summed E-state index contributed by atoms with van der Waals surface area (Å²) in [5.74, 6) is -0.340. The molecule has 1 N–H and O–H groups in total. The molecule has 0 unspecified atom stereocenters. The zero-order chi connectivity index (χ0) is 18.6. The largest absolute Gasteiger partial charge is 0.379 e. The summed E-state index contributed by atoms with van der Waals surface area (Å²) in [5.41, 5.74) is 2.16. The Morgan fingerprint density at radius 2 is 1.81 bits per heavy atom. The fourth-order valence-corrected chi connectivity index (χ4v) is 4.22. The highest BCUT2D eigenvalue weighted by Crippen LogP contribution is 2.19. The van der Waals surface area contributed by atoms with E-state index in [0.29, 0.717) is 37.6 Å². The van der Waals surface area contributed by atoms with Crippen LogP contribution in [0.15, 0.2) is 53.4 Å². The van der Waals surface area contributed by atoms with Crippen LogP contribution in [0.2, 0.25) is 0 Å². The zero-order valence-electron chi connectivity index (χ0n) is 14.6. The van der Waals surface area contributed by atoms with Crippen LogP contribution in [0.1, 0.15) is 22.8 Å². The minimum absolute atomic E-state index is 0.119. The van der Waals surface area contributed by atoms with Crippen molar-refractivity contribution in [3.8, 4) is 0 Å². The molecule has 0 radical (unpaired) electrons. The number of benzene rings is 2. The molecule has 1 heterocycles. The second-order valence-electron chi connectivity index (χ2n) is 6.05. The number of nitrogens with one attached hydrogen (secondary N) is 1. The van der Waals surface area contributed by atoms with Crippen molar-refractivity contribution in [1.82, 2.24) is 4.31 Å². The Bertz CT molecular complexity index is 873. The van der Waals surface area contributed by atoms with E-state index in [4.69, 9.17) is 4.74 Å². The summed E-state index contributed by atoms with van der Waals surface area (Å²) in [6, 6.07) is 13.7. The normalized spacial score (nSPS) is 15.6. The van der Waals surface area contributed by atoms with Gasteiger partial charge in [0.25, 0.3) is 5.91 Å². The van der Waals surface area contributed by atoms with Crippen molar-refractivity contribution in [3.63, 3.8) is 0 Å². The van der Waals surface area contributed by atoms with E-state index >= 15 is 0 Å². The molecule has 1 amide bonds. The lowest BCUT2D eigenvalue weighted by Gasteiger charge is -2.26. The minimum atomic E-state index is -3.63. The monoisotopic (exact) mass is 374 g/mol. The topological polar surface area (TPSA) is 75.7 Å². The van der Waals surface area contributed by atoms with E-state index in [0.717, 1.165) is 6.42 Å². The highest BCUT2D eigenvalue weighted by Gasteiger charge is 2.26. The van der Waals surface area contributed by atoms with Crippen LogP contribution in [0.25, 0.3) is 0 Å². The molecule has 6 nitrogen and oxygen atoms in total. The van der Waals surface area contributed by atoms with Gasteiger partial charge in [0.05, 0.1) is 18.1 Å². The minimum Gasteiger partial charge on any atom is -0.379 e. The quantitative estimate of drug-likeness (QED) is 0.873. The van der Waals surface area contributed by atoms with Crippen molar-refractivity contribution in [3.05, 3.63) is 59.7 Å². The van der Waals surface area contributed by atoms with Gasteiger partial charge in [-0.2, -0.15) is 4.31 Å². The van der Waals surface area contributed by atoms with Crippen LogP contribution in [0, 0.1) is 0 Å². The summed E-state index contributed by atoms with van der Waals surface area (Å²) >= 11 is 0. The van der Waals surface area contributed by atoms with Crippen molar-refractivity contribution in [2.75, 3.05) is 31.6 Å². The number of rotatable bonds is 5. The zero-order valence-corrected chi connectivity index (χ0v) is 15.5. The molecular weight excluding hydrogens is 352 g/mol. The van der Waals surface area contributed by atoms with Crippen LogP contribution >= 0.6 is 0 Å². The second-order valence-corrected chi connectivity index (χ2v) is 7.99. The average Bonchev–Trinajstić information content (AvgIpc) is 2.69. The summed E-state index contributed by atoms with van der Waals surface area (Å²) in [4.78, 5) is 12.6. The van der Waals surface area contributed by atoms with E-state index < -0.39 is 10.0 Å². The molecular formula is C19H22N2O4S. The van der Waals surface area contributed by atoms with Gasteiger partial charge in [-0.15, -0.1) is 0 Å². The maximum absolute atomic E-state index is 12.7. The van der Waals surface area contributed by atoms with Gasteiger partial charge >= 0.3 is 0 Å². The molecule has 138 valence electrons. The molecule has 1 aliphatic heterocycles. The molecule has 0 spiro atoms. The van der Waals surface area contributed by atoms with Crippen molar-refractivity contribution in [2.45, 2.75) is 18.2 Å². The predicted octanol–water partition coefficient (Wildman–Crippen LogP) is 2.52. The SMILES string of the molecule is CCc1ccc(NC(=O)c2cccc(S(=O)(=O)N3CCOCC3)c2)cc1. The fourth-order valence-electron chi connectivity index (χ4n) is 2.76. The van der Waals surface area contributed by atoms with Crippen LogP contribution in [0.5, 0.6) is 0 Å². The first-order valence-corrected chi connectivity index (χ1v) is 10.0. The third kappa shape index (κ3) is 4.12. The molecule has 0 bridgehead atoms. The van der Waals surface area contributed by atoms with E-state index in [1.165, 1.54) is 22.0 Å². The number of ether oxygens (including phenoxy) is 1. The molecule has 2 aromatic rings. The van der Waals surface area contributed by atoms with Crippen molar-refractivity contribution < 1.29 is 17.9 Å². The van der Waals surface area contributed by atoms with Gasteiger partial charge < -0.3 is 10.1 Å². The third-order valence-corrected chi connectivity index (χ3v) is 6.22. The standard InChI is InChI=1S/C19H22N2O4S/c1-2-15-6-8-17(9-7-15)20-19(22)16-4-3-5-18(14-16)26(23,24)21-10-12-25-13-11-21/h3-9,14H,2,10-13H2,1H3,(H,20,22). The van der Waals surface area contributed by atoms with Gasteiger partial charge in [0.2, 0.25) is 10.0 Å². The number of amides is 1. The molecule has 26 heavy (non-hydrogen) atoms. The molecule has 2 aromatic carbocycles. The molecule has 0 saturated carbocycles. The smallest absolute Gasteiger partial charge is 0.255 e. The maximum atomic E-state index is 12.7. The van der Waals surface area contributed by atoms with Crippen molar-refractivity contribution in [2.24, 2.45) is 0 Å². The first-order chi connectivity index (χ1) is 12.5. The van der Waals surface area contributed by atoms with Crippen molar-refractivity contribution >= 4 is 21.6 Å². The lowest BCUT2D eigenvalue weighted by molar-refractivity contribution is 0.0730. The number of morpholine rings is 1. The molecule has 3 rings (SSSR count). The molecule has 0 aliphatic carbocycles. The highest BCUT2D eigenvalue weighted by molar-refractivity contribution is 7.89. The Hall–Kier alpha value is -2.22. The first-order valence-electron chi connectivity index (χ1n) is 8.59. The Morgan fingerprint density at radius 1 is 1.12 bits per heavy atom. The molecule has 1 aliphatic rings. The fraction of sp³-hybridized carbons (Fsp3) is 0.316. The van der Waals surface area contributed by atoms with Crippen LogP contribution in [0.4, 0.5) is 5.69 Å². The Balaban J connectivity index is 1.78. The number of carbonyl (C=O) groups is 1. The molecule has 0 atom stereocenters. The first kappa shape index (κ1) is 18.6. The summed E-state index contributed by atoms with van der Waals surface area (Å²) in [6.07, 6.45) is 0.926. The van der Waals surface area contributed by atoms with E-state index in [1.807, 2.05) is 24.3 Å². The van der Waals surface area contributed by atoms with Gasteiger partial charge in [-0.1, -0.05) is 25.1 Å². The summed E-state index contributed by atoms with van der Waals surface area (Å²) < 4.78 is 32.1. The van der Waals surface area contributed by atoms with Crippen LogP contribution in [-0.2, 0) is 21.2 Å². The highest BCUT2D eigenvalue weighted by atomic mass is 32.2. The average molecular weight is 374 g/mol. The Morgan fingerprint density at radius 3 is 2.46 bits per heavy atom.